The Morgan fingerprint density at radius 3 is 2.90 bits per heavy atom. The van der Waals surface area contributed by atoms with Gasteiger partial charge >= 0.3 is 0 Å². The van der Waals surface area contributed by atoms with E-state index in [9.17, 15) is 4.79 Å². The van der Waals surface area contributed by atoms with E-state index >= 15 is 0 Å². The molecule has 0 fully saturated rings. The normalized spacial score (nSPS) is 10.4. The van der Waals surface area contributed by atoms with Crippen LogP contribution in [-0.2, 0) is 13.2 Å². The molecule has 0 saturated carbocycles. The predicted octanol–water partition coefficient (Wildman–Crippen LogP) is 2.74. The molecule has 0 aliphatic heterocycles. The van der Waals surface area contributed by atoms with Gasteiger partial charge in [0.1, 0.15) is 12.9 Å². The Kier molecular flexibility index (Phi) is 5.16. The second-order valence-electron chi connectivity index (χ2n) is 4.33. The van der Waals surface area contributed by atoms with E-state index in [0.717, 1.165) is 13.0 Å². The van der Waals surface area contributed by atoms with Crippen LogP contribution >= 0.6 is 11.6 Å². The summed E-state index contributed by atoms with van der Waals surface area (Å²) in [6.45, 7) is 3.01. The number of methoxy groups -OCH3 is 1. The van der Waals surface area contributed by atoms with Gasteiger partial charge in [0.15, 0.2) is 23.6 Å². The van der Waals surface area contributed by atoms with Crippen LogP contribution in [0.4, 0.5) is 0 Å². The molecule has 0 amide bonds. The quantitative estimate of drug-likeness (QED) is 0.736. The molecule has 1 heterocycles. The third kappa shape index (κ3) is 3.52. The van der Waals surface area contributed by atoms with E-state index in [1.165, 1.54) is 19.5 Å². The lowest BCUT2D eigenvalue weighted by molar-refractivity contribution is 0.111. The van der Waals surface area contributed by atoms with Crippen molar-refractivity contribution >= 4 is 17.9 Å². The van der Waals surface area contributed by atoms with Gasteiger partial charge in [0, 0.05) is 17.6 Å². The number of aldehydes is 1. The van der Waals surface area contributed by atoms with Crippen molar-refractivity contribution in [2.24, 2.45) is 0 Å². The van der Waals surface area contributed by atoms with Gasteiger partial charge in [-0.1, -0.05) is 18.5 Å². The Morgan fingerprint density at radius 1 is 1.43 bits per heavy atom. The molecule has 1 aromatic carbocycles. The molecule has 0 aliphatic carbocycles. The standard InChI is InChI=1S/C14H16ClN3O3/c1-3-4-18-13(16-9-17-18)8-21-14-10(7-19)5-11(15)6-12(14)20-2/h5-7,9H,3-4,8H2,1-2H3. The number of halogens is 1. The molecule has 0 spiro atoms. The summed E-state index contributed by atoms with van der Waals surface area (Å²) in [7, 11) is 1.49. The highest BCUT2D eigenvalue weighted by atomic mass is 35.5. The molecule has 0 bridgehead atoms. The van der Waals surface area contributed by atoms with Gasteiger partial charge in [-0.3, -0.25) is 4.79 Å². The summed E-state index contributed by atoms with van der Waals surface area (Å²) in [5, 5.41) is 4.53. The minimum atomic E-state index is 0.193. The van der Waals surface area contributed by atoms with Gasteiger partial charge in [-0.25, -0.2) is 9.67 Å². The van der Waals surface area contributed by atoms with Crippen LogP contribution in [0.15, 0.2) is 18.5 Å². The minimum Gasteiger partial charge on any atom is -0.493 e. The number of nitrogens with zero attached hydrogens (tertiary/aromatic N) is 3. The average Bonchev–Trinajstić information content (AvgIpc) is 2.92. The molecular formula is C14H16ClN3O3. The van der Waals surface area contributed by atoms with Crippen molar-refractivity contribution in [2.75, 3.05) is 7.11 Å². The molecule has 0 radical (unpaired) electrons. The lowest BCUT2D eigenvalue weighted by Gasteiger charge is -2.13. The van der Waals surface area contributed by atoms with Crippen molar-refractivity contribution in [1.82, 2.24) is 14.8 Å². The van der Waals surface area contributed by atoms with Crippen LogP contribution in [0.5, 0.6) is 11.5 Å². The maximum absolute atomic E-state index is 11.2. The Hall–Kier alpha value is -2.08. The third-order valence-electron chi connectivity index (χ3n) is 2.87. The van der Waals surface area contributed by atoms with E-state index in [1.54, 1.807) is 10.7 Å². The predicted molar refractivity (Wildman–Crippen MR) is 78.0 cm³/mol. The van der Waals surface area contributed by atoms with Crippen molar-refractivity contribution in [3.63, 3.8) is 0 Å². The third-order valence-corrected chi connectivity index (χ3v) is 3.09. The molecule has 1 aromatic heterocycles. The topological polar surface area (TPSA) is 66.2 Å². The second-order valence-corrected chi connectivity index (χ2v) is 4.77. The zero-order valence-corrected chi connectivity index (χ0v) is 12.6. The van der Waals surface area contributed by atoms with E-state index in [2.05, 4.69) is 17.0 Å². The van der Waals surface area contributed by atoms with Gasteiger partial charge in [-0.2, -0.15) is 5.10 Å². The van der Waals surface area contributed by atoms with Gasteiger partial charge in [0.2, 0.25) is 0 Å². The summed E-state index contributed by atoms with van der Waals surface area (Å²) in [6, 6.07) is 3.13. The van der Waals surface area contributed by atoms with Gasteiger partial charge in [0.25, 0.3) is 0 Å². The molecule has 2 aromatic rings. The van der Waals surface area contributed by atoms with Crippen molar-refractivity contribution in [3.8, 4) is 11.5 Å². The number of ether oxygens (including phenoxy) is 2. The SMILES string of the molecule is CCCn1ncnc1COc1c(C=O)cc(Cl)cc1OC. The summed E-state index contributed by atoms with van der Waals surface area (Å²) in [4.78, 5) is 15.3. The summed E-state index contributed by atoms with van der Waals surface area (Å²) in [5.74, 6) is 1.44. The van der Waals surface area contributed by atoms with Crippen LogP contribution < -0.4 is 9.47 Å². The number of aryl methyl sites for hydroxylation is 1. The average molecular weight is 310 g/mol. The smallest absolute Gasteiger partial charge is 0.172 e. The van der Waals surface area contributed by atoms with Crippen LogP contribution in [-0.4, -0.2) is 28.2 Å². The lowest BCUT2D eigenvalue weighted by atomic mass is 10.2. The minimum absolute atomic E-state index is 0.193. The van der Waals surface area contributed by atoms with E-state index in [1.807, 2.05) is 0 Å². The molecule has 21 heavy (non-hydrogen) atoms. The van der Waals surface area contributed by atoms with Crippen LogP contribution in [0, 0.1) is 0 Å². The van der Waals surface area contributed by atoms with E-state index in [0.29, 0.717) is 34.2 Å². The first-order valence-electron chi connectivity index (χ1n) is 6.51. The fraction of sp³-hybridized carbons (Fsp3) is 0.357. The fourth-order valence-electron chi connectivity index (χ4n) is 1.92. The van der Waals surface area contributed by atoms with Crippen LogP contribution in [0.2, 0.25) is 5.02 Å². The maximum Gasteiger partial charge on any atom is 0.172 e. The number of carbonyl (C=O) groups excluding carboxylic acids is 1. The Bertz CT molecular complexity index is 628. The number of hydrogen-bond donors (Lipinski definition) is 0. The number of carbonyl (C=O) groups is 1. The van der Waals surface area contributed by atoms with Gasteiger partial charge < -0.3 is 9.47 Å². The van der Waals surface area contributed by atoms with Crippen LogP contribution in [0.3, 0.4) is 0 Å². The summed E-state index contributed by atoms with van der Waals surface area (Å²) in [5.41, 5.74) is 0.334. The molecule has 0 unspecified atom stereocenters. The largest absolute Gasteiger partial charge is 0.493 e. The molecule has 112 valence electrons. The number of hydrogen-bond acceptors (Lipinski definition) is 5. The zero-order valence-electron chi connectivity index (χ0n) is 11.9. The van der Waals surface area contributed by atoms with Crippen LogP contribution in [0.1, 0.15) is 29.5 Å². The van der Waals surface area contributed by atoms with Gasteiger partial charge in [-0.15, -0.1) is 0 Å². The Morgan fingerprint density at radius 2 is 2.24 bits per heavy atom. The Balaban J connectivity index is 2.23. The van der Waals surface area contributed by atoms with Gasteiger partial charge in [-0.05, 0) is 12.5 Å². The number of aromatic nitrogens is 3. The first-order valence-corrected chi connectivity index (χ1v) is 6.89. The Labute approximate surface area is 127 Å². The molecule has 6 nitrogen and oxygen atoms in total. The van der Waals surface area contributed by atoms with Crippen molar-refractivity contribution in [3.05, 3.63) is 34.9 Å². The molecule has 0 aliphatic rings. The van der Waals surface area contributed by atoms with E-state index < -0.39 is 0 Å². The summed E-state index contributed by atoms with van der Waals surface area (Å²) < 4.78 is 12.7. The second kappa shape index (κ2) is 7.08. The first kappa shape index (κ1) is 15.3. The zero-order chi connectivity index (χ0) is 15.2. The molecule has 0 N–H and O–H groups in total. The number of benzene rings is 1. The lowest BCUT2D eigenvalue weighted by Crippen LogP contribution is -2.09. The summed E-state index contributed by atoms with van der Waals surface area (Å²) >= 11 is 5.92. The molecule has 2 rings (SSSR count). The first-order chi connectivity index (χ1) is 10.2. The van der Waals surface area contributed by atoms with E-state index in [4.69, 9.17) is 21.1 Å². The van der Waals surface area contributed by atoms with Crippen molar-refractivity contribution in [2.45, 2.75) is 26.5 Å². The monoisotopic (exact) mass is 309 g/mol. The molecular weight excluding hydrogens is 294 g/mol. The van der Waals surface area contributed by atoms with E-state index in [-0.39, 0.29) is 6.61 Å². The number of rotatable bonds is 7. The molecule has 7 heteroatoms. The summed E-state index contributed by atoms with van der Waals surface area (Å²) in [6.07, 6.45) is 3.11. The maximum atomic E-state index is 11.2. The molecule has 0 atom stereocenters. The van der Waals surface area contributed by atoms with Gasteiger partial charge in [0.05, 0.1) is 12.7 Å². The highest BCUT2D eigenvalue weighted by Crippen LogP contribution is 2.34. The highest BCUT2D eigenvalue weighted by Gasteiger charge is 2.14. The fourth-order valence-corrected chi connectivity index (χ4v) is 2.13. The highest BCUT2D eigenvalue weighted by molar-refractivity contribution is 6.31. The van der Waals surface area contributed by atoms with Crippen molar-refractivity contribution in [1.29, 1.82) is 0 Å². The molecule has 0 saturated heterocycles. The van der Waals surface area contributed by atoms with Crippen LogP contribution in [0.25, 0.3) is 0 Å². The van der Waals surface area contributed by atoms with Crippen molar-refractivity contribution < 1.29 is 14.3 Å².